The second-order valence-electron chi connectivity index (χ2n) is 5.22. The third kappa shape index (κ3) is 4.21. The van der Waals surface area contributed by atoms with Crippen molar-refractivity contribution in [3.63, 3.8) is 0 Å². The zero-order chi connectivity index (χ0) is 17.6. The Morgan fingerprint density at radius 3 is 2.72 bits per heavy atom. The molecular formula is C18H16FN3O3. The minimum absolute atomic E-state index is 0.181. The summed E-state index contributed by atoms with van der Waals surface area (Å²) in [7, 11) is 0. The van der Waals surface area contributed by atoms with Crippen LogP contribution in [-0.4, -0.2) is 16.0 Å². The molecule has 2 aromatic heterocycles. The molecule has 0 spiro atoms. The molecule has 6 nitrogen and oxygen atoms in total. The van der Waals surface area contributed by atoms with Crippen molar-refractivity contribution in [3.8, 4) is 11.6 Å². The molecule has 0 saturated heterocycles. The van der Waals surface area contributed by atoms with E-state index in [0.29, 0.717) is 17.1 Å². The van der Waals surface area contributed by atoms with E-state index in [1.165, 1.54) is 24.3 Å². The summed E-state index contributed by atoms with van der Waals surface area (Å²) in [5.74, 6) is 1.13. The smallest absolute Gasteiger partial charge is 0.230 e. The first kappa shape index (κ1) is 16.7. The van der Waals surface area contributed by atoms with Crippen molar-refractivity contribution in [3.05, 3.63) is 77.6 Å². The Balaban J connectivity index is 1.91. The largest absolute Gasteiger partial charge is 0.467 e. The number of furan rings is 1. The third-order valence-corrected chi connectivity index (χ3v) is 3.36. The first-order chi connectivity index (χ1) is 12.2. The Hall–Kier alpha value is -3.19. The van der Waals surface area contributed by atoms with Crippen molar-refractivity contribution in [2.75, 3.05) is 0 Å². The monoisotopic (exact) mass is 341 g/mol. The Morgan fingerprint density at radius 1 is 1.24 bits per heavy atom. The van der Waals surface area contributed by atoms with Gasteiger partial charge in [-0.1, -0.05) is 0 Å². The van der Waals surface area contributed by atoms with Gasteiger partial charge in [-0.15, -0.1) is 0 Å². The van der Waals surface area contributed by atoms with Gasteiger partial charge in [0, 0.05) is 5.69 Å². The number of aliphatic imine (C=N–C) groups is 1. The highest BCUT2D eigenvalue weighted by molar-refractivity contribution is 6.00. The van der Waals surface area contributed by atoms with Crippen LogP contribution >= 0.6 is 0 Å². The van der Waals surface area contributed by atoms with Crippen LogP contribution in [0, 0.1) is 12.7 Å². The molecular weight excluding hydrogens is 325 g/mol. The fourth-order valence-electron chi connectivity index (χ4n) is 2.15. The number of pyridine rings is 1. The van der Waals surface area contributed by atoms with Crippen LogP contribution in [0.15, 0.2) is 64.2 Å². The maximum atomic E-state index is 13.0. The van der Waals surface area contributed by atoms with E-state index in [0.717, 1.165) is 5.69 Å². The molecule has 25 heavy (non-hydrogen) atoms. The lowest BCUT2D eigenvalue weighted by molar-refractivity contribution is 0.234. The molecule has 0 aliphatic rings. The Labute approximate surface area is 143 Å². The van der Waals surface area contributed by atoms with Crippen molar-refractivity contribution in [2.45, 2.75) is 13.5 Å². The van der Waals surface area contributed by atoms with Crippen molar-refractivity contribution < 1.29 is 18.8 Å². The molecule has 2 N–H and O–H groups in total. The predicted molar refractivity (Wildman–Crippen MR) is 89.3 cm³/mol. The number of ether oxygens (including phenoxy) is 1. The fourth-order valence-corrected chi connectivity index (χ4v) is 2.15. The van der Waals surface area contributed by atoms with Crippen LogP contribution < -0.4 is 10.2 Å². The number of nitrogens with one attached hydrogen (secondary N) is 1. The summed E-state index contributed by atoms with van der Waals surface area (Å²) >= 11 is 0. The maximum Gasteiger partial charge on any atom is 0.230 e. The molecule has 1 aromatic carbocycles. The van der Waals surface area contributed by atoms with Gasteiger partial charge in [-0.05, 0) is 55.5 Å². The van der Waals surface area contributed by atoms with Gasteiger partial charge in [0.1, 0.15) is 17.3 Å². The zero-order valence-electron chi connectivity index (χ0n) is 13.4. The van der Waals surface area contributed by atoms with Crippen molar-refractivity contribution in [1.82, 2.24) is 10.5 Å². The molecule has 0 amide bonds. The lowest BCUT2D eigenvalue weighted by Gasteiger charge is -2.12. The van der Waals surface area contributed by atoms with E-state index < -0.39 is 0 Å². The molecule has 0 fully saturated rings. The second kappa shape index (κ2) is 7.59. The summed E-state index contributed by atoms with van der Waals surface area (Å²) in [6.45, 7) is 2.05. The Kier molecular flexibility index (Phi) is 5.06. The number of nitrogens with zero attached hydrogens (tertiary/aromatic N) is 2. The zero-order valence-corrected chi connectivity index (χ0v) is 13.4. The molecule has 0 aliphatic carbocycles. The Bertz CT molecular complexity index is 862. The summed E-state index contributed by atoms with van der Waals surface area (Å²) in [6.07, 6.45) is 1.55. The number of aromatic nitrogens is 1. The van der Waals surface area contributed by atoms with Gasteiger partial charge in [0.05, 0.1) is 18.4 Å². The number of hydrogen-bond donors (Lipinski definition) is 2. The fraction of sp³-hybridized carbons (Fsp3) is 0.111. The van der Waals surface area contributed by atoms with Crippen LogP contribution in [0.5, 0.6) is 11.6 Å². The van der Waals surface area contributed by atoms with Crippen molar-refractivity contribution in [1.29, 1.82) is 0 Å². The quantitative estimate of drug-likeness (QED) is 0.419. The normalized spacial score (nSPS) is 11.4. The highest BCUT2D eigenvalue weighted by Crippen LogP contribution is 2.24. The first-order valence-electron chi connectivity index (χ1n) is 7.54. The van der Waals surface area contributed by atoms with Crippen LogP contribution in [0.25, 0.3) is 0 Å². The first-order valence-corrected chi connectivity index (χ1v) is 7.54. The number of benzene rings is 1. The molecule has 128 valence electrons. The highest BCUT2D eigenvalue weighted by atomic mass is 19.1. The average Bonchev–Trinajstić information content (AvgIpc) is 3.12. The summed E-state index contributed by atoms with van der Waals surface area (Å²) in [4.78, 5) is 8.62. The lowest BCUT2D eigenvalue weighted by atomic mass is 10.2. The van der Waals surface area contributed by atoms with Gasteiger partial charge < -0.3 is 9.15 Å². The van der Waals surface area contributed by atoms with Crippen molar-refractivity contribution in [2.24, 2.45) is 4.99 Å². The van der Waals surface area contributed by atoms with E-state index >= 15 is 0 Å². The van der Waals surface area contributed by atoms with Crippen molar-refractivity contribution >= 4 is 5.84 Å². The van der Waals surface area contributed by atoms with E-state index in [-0.39, 0.29) is 24.1 Å². The van der Waals surface area contributed by atoms with Gasteiger partial charge in [-0.2, -0.15) is 0 Å². The SMILES string of the molecule is Cc1ccc(C(=NCc2ccco2)NO)c(Oc2ccc(F)cc2)n1. The summed E-state index contributed by atoms with van der Waals surface area (Å²) in [5.41, 5.74) is 3.25. The molecule has 2 heterocycles. The van der Waals surface area contributed by atoms with Gasteiger partial charge in [0.15, 0.2) is 5.84 Å². The summed E-state index contributed by atoms with van der Waals surface area (Å²) in [6, 6.07) is 12.6. The molecule has 0 bridgehead atoms. The molecule has 0 unspecified atom stereocenters. The average molecular weight is 341 g/mol. The topological polar surface area (TPSA) is 79.9 Å². The van der Waals surface area contributed by atoms with E-state index in [1.54, 1.807) is 30.5 Å². The van der Waals surface area contributed by atoms with Gasteiger partial charge in [-0.25, -0.2) is 9.37 Å². The van der Waals surface area contributed by atoms with Crippen LogP contribution in [0.3, 0.4) is 0 Å². The van der Waals surface area contributed by atoms with Crippen LogP contribution in [0.1, 0.15) is 17.0 Å². The van der Waals surface area contributed by atoms with Gasteiger partial charge >= 0.3 is 0 Å². The number of amidine groups is 1. The number of hydroxylamine groups is 1. The van der Waals surface area contributed by atoms with E-state index in [4.69, 9.17) is 9.15 Å². The molecule has 0 radical (unpaired) electrons. The maximum absolute atomic E-state index is 13.0. The molecule has 3 aromatic rings. The summed E-state index contributed by atoms with van der Waals surface area (Å²) < 4.78 is 24.0. The number of halogens is 1. The molecule has 7 heteroatoms. The minimum Gasteiger partial charge on any atom is -0.467 e. The number of rotatable bonds is 5. The molecule has 3 rings (SSSR count). The van der Waals surface area contributed by atoms with Gasteiger partial charge in [0.2, 0.25) is 5.88 Å². The van der Waals surface area contributed by atoms with Crippen LogP contribution in [0.2, 0.25) is 0 Å². The molecule has 0 saturated carbocycles. The number of aryl methyl sites for hydroxylation is 1. The number of hydrogen-bond acceptors (Lipinski definition) is 5. The van der Waals surface area contributed by atoms with E-state index in [1.807, 2.05) is 6.92 Å². The lowest BCUT2D eigenvalue weighted by Crippen LogP contribution is -2.21. The molecule has 0 atom stereocenters. The third-order valence-electron chi connectivity index (χ3n) is 3.36. The molecule has 0 aliphatic heterocycles. The van der Waals surface area contributed by atoms with Gasteiger partial charge in [0.25, 0.3) is 0 Å². The Morgan fingerprint density at radius 2 is 2.04 bits per heavy atom. The van der Waals surface area contributed by atoms with E-state index in [2.05, 4.69) is 15.5 Å². The van der Waals surface area contributed by atoms with Crippen LogP contribution in [-0.2, 0) is 6.54 Å². The standard InChI is InChI=1S/C18H16FN3O3/c1-12-4-9-16(17(22-23)20-11-15-3-2-10-24-15)18(21-12)25-14-7-5-13(19)6-8-14/h2-10,23H,11H2,1H3,(H,20,22). The summed E-state index contributed by atoms with van der Waals surface area (Å²) in [5, 5.41) is 9.46. The predicted octanol–water partition coefficient (Wildman–Crippen LogP) is 3.84. The second-order valence-corrected chi connectivity index (χ2v) is 5.22. The van der Waals surface area contributed by atoms with E-state index in [9.17, 15) is 9.60 Å². The van der Waals surface area contributed by atoms with Crippen LogP contribution in [0.4, 0.5) is 4.39 Å². The van der Waals surface area contributed by atoms with Gasteiger partial charge in [-0.3, -0.25) is 15.7 Å². The minimum atomic E-state index is -0.359. The highest BCUT2D eigenvalue weighted by Gasteiger charge is 2.14.